The average molecular weight is 1030 g/mol. The summed E-state index contributed by atoms with van der Waals surface area (Å²) in [6, 6.07) is 16.9. The van der Waals surface area contributed by atoms with E-state index < -0.39 is 46.0 Å². The molecule has 22 heteroatoms. The Labute approximate surface area is 425 Å². The minimum Gasteiger partial charge on any atom is -0.614 e. The smallest absolute Gasteiger partial charge is 0.337 e. The molecule has 0 radical (unpaired) electrons. The number of carbonyl (C=O) groups excluding carboxylic acids is 5. The highest BCUT2D eigenvalue weighted by Crippen LogP contribution is 2.41. The summed E-state index contributed by atoms with van der Waals surface area (Å²) in [7, 11) is 8.38. The molecule has 2 fully saturated rings. The van der Waals surface area contributed by atoms with Gasteiger partial charge < -0.3 is 47.7 Å². The first-order chi connectivity index (χ1) is 33.8. The number of ether oxygens (including phenoxy) is 4. The van der Waals surface area contributed by atoms with E-state index in [1.807, 2.05) is 62.6 Å². The molecular weight excluding hydrogens is 975 g/mol. The summed E-state index contributed by atoms with van der Waals surface area (Å²) in [5.41, 5.74) is 0.970. The molecule has 1 N–H and O–H groups in total. The number of ketones is 1. The van der Waals surface area contributed by atoms with Crippen molar-refractivity contribution in [3.8, 4) is 23.0 Å². The molecule has 0 saturated carbocycles. The number of fused-ring (bicyclic) bond motifs is 1. The second kappa shape index (κ2) is 22.1. The normalized spacial score (nSPS) is 18.5. The van der Waals surface area contributed by atoms with Crippen LogP contribution in [0.4, 0.5) is 0 Å². The average Bonchev–Trinajstić information content (AvgIpc) is 3.79. The summed E-state index contributed by atoms with van der Waals surface area (Å²) in [5.74, 6) is -0.929. The number of thiazole rings is 1. The van der Waals surface area contributed by atoms with Crippen molar-refractivity contribution in [1.82, 2.24) is 20.1 Å². The largest absolute Gasteiger partial charge is 0.614 e. The zero-order valence-corrected chi connectivity index (χ0v) is 43.5. The van der Waals surface area contributed by atoms with Gasteiger partial charge in [-0.1, -0.05) is 41.0 Å². The molecular formula is C49H57BClN6O12S2+. The number of oxime groups is 1. The van der Waals surface area contributed by atoms with Crippen LogP contribution < -0.4 is 24.3 Å². The maximum absolute atomic E-state index is 14.3. The molecule has 3 aliphatic heterocycles. The molecule has 376 valence electrons. The number of aromatic nitrogens is 1. The minimum atomic E-state index is -1.76. The Morgan fingerprint density at radius 2 is 1.58 bits per heavy atom. The van der Waals surface area contributed by atoms with Crippen LogP contribution in [0.15, 0.2) is 82.5 Å². The van der Waals surface area contributed by atoms with E-state index in [2.05, 4.69) is 15.5 Å². The first-order valence-electron chi connectivity index (χ1n) is 22.7. The van der Waals surface area contributed by atoms with Crippen molar-refractivity contribution in [1.29, 1.82) is 0 Å². The predicted octanol–water partition coefficient (Wildman–Crippen LogP) is 4.51. The van der Waals surface area contributed by atoms with E-state index in [4.69, 9.17) is 40.0 Å². The van der Waals surface area contributed by atoms with Crippen LogP contribution >= 0.6 is 22.9 Å². The lowest BCUT2D eigenvalue weighted by Gasteiger charge is -2.50. The Hall–Kier alpha value is -6.13. The van der Waals surface area contributed by atoms with Gasteiger partial charge in [0.1, 0.15) is 48.4 Å². The van der Waals surface area contributed by atoms with Gasteiger partial charge in [-0.05, 0) is 86.4 Å². The van der Waals surface area contributed by atoms with Gasteiger partial charge in [0.15, 0.2) is 34.6 Å². The monoisotopic (exact) mass is 1030 g/mol. The number of likely N-dealkylation sites (N-methyl/N-ethyl adjacent to an activating group) is 1. The highest BCUT2D eigenvalue weighted by atomic mass is 35.5. The van der Waals surface area contributed by atoms with Crippen molar-refractivity contribution >= 4 is 77.3 Å². The fourth-order valence-corrected chi connectivity index (χ4v) is 11.0. The highest BCUT2D eigenvalue weighted by molar-refractivity contribution is 7.92. The van der Waals surface area contributed by atoms with Gasteiger partial charge in [-0.25, -0.2) is 9.78 Å². The number of piperidine rings is 1. The molecule has 71 heavy (non-hydrogen) atoms. The van der Waals surface area contributed by atoms with Crippen molar-refractivity contribution in [2.45, 2.75) is 76.8 Å². The molecule has 0 bridgehead atoms. The Bertz CT molecular complexity index is 2730. The van der Waals surface area contributed by atoms with Gasteiger partial charge in [0.2, 0.25) is 5.37 Å². The van der Waals surface area contributed by atoms with E-state index >= 15 is 0 Å². The molecule has 0 aliphatic carbocycles. The van der Waals surface area contributed by atoms with E-state index in [1.165, 1.54) is 40.2 Å². The lowest BCUT2D eigenvalue weighted by atomic mass is 9.98. The Kier molecular flexibility index (Phi) is 16.4. The van der Waals surface area contributed by atoms with Gasteiger partial charge in [0.05, 0.1) is 55.5 Å². The molecule has 1 aromatic heterocycles. The van der Waals surface area contributed by atoms with Gasteiger partial charge in [0, 0.05) is 31.3 Å². The molecule has 0 spiro atoms. The maximum atomic E-state index is 14.3. The van der Waals surface area contributed by atoms with Gasteiger partial charge >= 0.3 is 14.0 Å². The molecule has 7 rings (SSSR count). The number of aryl methyl sites for hydroxylation is 1. The van der Waals surface area contributed by atoms with Crippen molar-refractivity contribution in [3.05, 3.63) is 110 Å². The number of amides is 3. The number of benzene rings is 3. The lowest BCUT2D eigenvalue weighted by Crippen LogP contribution is -2.75. The van der Waals surface area contributed by atoms with Crippen LogP contribution in [0.25, 0.3) is 0 Å². The summed E-state index contributed by atoms with van der Waals surface area (Å²) in [6.07, 6.45) is 1.17. The number of carbonyl (C=O) groups is 5. The number of hydrogen-bond acceptors (Lipinski definition) is 15. The van der Waals surface area contributed by atoms with Crippen LogP contribution in [0.2, 0.25) is 5.02 Å². The van der Waals surface area contributed by atoms with Crippen LogP contribution in [0.5, 0.6) is 23.0 Å². The first-order valence-corrected chi connectivity index (χ1v) is 25.4. The van der Waals surface area contributed by atoms with E-state index in [0.717, 1.165) is 16.0 Å². The molecule has 18 nitrogen and oxygen atoms in total. The number of nitrogens with zero attached hydrogens (tertiary/aromatic N) is 5. The maximum Gasteiger partial charge on any atom is 0.337 e. The lowest BCUT2D eigenvalue weighted by molar-refractivity contribution is -0.911. The number of β-lactam (4-membered cyclic amide) rings is 1. The third kappa shape index (κ3) is 11.7. The van der Waals surface area contributed by atoms with Crippen LogP contribution in [0.1, 0.15) is 65.8 Å². The summed E-state index contributed by atoms with van der Waals surface area (Å²) >= 11 is 6.56. The summed E-state index contributed by atoms with van der Waals surface area (Å²) in [4.78, 5) is 80.3. The van der Waals surface area contributed by atoms with E-state index in [0.29, 0.717) is 58.2 Å². The molecule has 3 amide bonds. The van der Waals surface area contributed by atoms with Gasteiger partial charge in [-0.2, -0.15) is 0 Å². The highest BCUT2D eigenvalue weighted by Gasteiger charge is 2.62. The number of Topliss-reactive ketones (excluding diaryl/α,β-unsaturated/α-hetero) is 1. The molecule has 3 aromatic carbocycles. The Morgan fingerprint density at radius 1 is 0.972 bits per heavy atom. The fraction of sp³-hybridized carbons (Fsp3) is 0.408. The molecule has 4 aromatic rings. The second-order valence-corrected chi connectivity index (χ2v) is 21.3. The number of quaternary nitrogens is 1. The molecule has 3 atom stereocenters. The van der Waals surface area contributed by atoms with Gasteiger partial charge in [0.25, 0.3) is 17.7 Å². The van der Waals surface area contributed by atoms with Crippen LogP contribution in [0, 0.1) is 6.92 Å². The third-order valence-corrected chi connectivity index (χ3v) is 15.7. The summed E-state index contributed by atoms with van der Waals surface area (Å²) in [5, 5.41) is 7.89. The first kappa shape index (κ1) is 52.7. The molecule has 3 aliphatic rings. The third-order valence-electron chi connectivity index (χ3n) is 12.9. The van der Waals surface area contributed by atoms with Crippen molar-refractivity contribution in [3.63, 3.8) is 0 Å². The van der Waals surface area contributed by atoms with Crippen LogP contribution in [-0.4, -0.2) is 144 Å². The zero-order valence-electron chi connectivity index (χ0n) is 41.1. The number of rotatable bonds is 19. The van der Waals surface area contributed by atoms with E-state index in [-0.39, 0.29) is 76.7 Å². The van der Waals surface area contributed by atoms with Crippen molar-refractivity contribution < 1.29 is 61.4 Å². The quantitative estimate of drug-likeness (QED) is 0.0343. The molecule has 1 unspecified atom stereocenters. The van der Waals surface area contributed by atoms with Crippen molar-refractivity contribution in [2.75, 3.05) is 53.7 Å². The van der Waals surface area contributed by atoms with E-state index in [1.54, 1.807) is 43.6 Å². The standard InChI is InChI=1S/C49H56BClN6O12S2/c1-28(58)49(3,4)69-54-40(37-26-70-29(2)52-37)44(59)53-41-46(61)56-42(48(62)68-50)32(27-71(63)47(41)56)23-57(5,6)33-19-21-55(22-20-33)45(60)36-17-18-38(66-24-30-9-13-34(64-7)14-10-30)43(39(36)51)67-25-31-11-15-35(65-8)16-12-31/h9-18,26,33,41,47H,19-25,27,50H2,1-8H3/p+1/b54-40-/t41-,47-,71?/m1/s1. The van der Waals surface area contributed by atoms with E-state index in [9.17, 15) is 28.5 Å². The number of halogens is 1. The molecule has 2 saturated heterocycles. The number of likely N-dealkylation sites (tertiary alicyclic amines) is 1. The van der Waals surface area contributed by atoms with Crippen LogP contribution in [-0.2, 0) is 53.1 Å². The van der Waals surface area contributed by atoms with Gasteiger partial charge in [-0.3, -0.25) is 24.1 Å². The Balaban J connectivity index is 1.04. The summed E-state index contributed by atoms with van der Waals surface area (Å²) in [6.45, 7) is 7.45. The zero-order chi connectivity index (χ0) is 51.4. The predicted molar refractivity (Wildman–Crippen MR) is 268 cm³/mol. The minimum absolute atomic E-state index is 0.00872. The summed E-state index contributed by atoms with van der Waals surface area (Å²) < 4.78 is 42.7. The second-order valence-electron chi connectivity index (χ2n) is 18.4. The van der Waals surface area contributed by atoms with Gasteiger partial charge in [-0.15, -0.1) is 11.3 Å². The van der Waals surface area contributed by atoms with Crippen molar-refractivity contribution in [2.24, 2.45) is 5.16 Å². The number of nitrogens with one attached hydrogen (secondary N) is 1. The topological polar surface area (TPSA) is 208 Å². The fourth-order valence-electron chi connectivity index (χ4n) is 8.44. The van der Waals surface area contributed by atoms with Crippen LogP contribution in [0.3, 0.4) is 0 Å². The number of hydrogen-bond donors (Lipinski definition) is 1. The Morgan fingerprint density at radius 3 is 2.13 bits per heavy atom. The molecule has 4 heterocycles. The number of methoxy groups -OCH3 is 2. The SMILES string of the molecule is BOC(=O)C1=C(C[N+](C)(C)C2CCN(C(=O)c3ccc(OCc4ccc(OC)cc4)c(OCc4ccc(OC)cc4)c3Cl)CC2)C[S+]([O-])[C@@H]2[C@H](NC(=O)/C(=N\OC(C)(C)C(C)=O)c3csc(C)n3)C(=O)N12.